The third-order valence-corrected chi connectivity index (χ3v) is 5.20. The first-order valence-electron chi connectivity index (χ1n) is 7.83. The van der Waals surface area contributed by atoms with Crippen LogP contribution in [0.5, 0.6) is 0 Å². The Labute approximate surface area is 119 Å². The van der Waals surface area contributed by atoms with Crippen LogP contribution in [0.3, 0.4) is 0 Å². The minimum Gasteiger partial charge on any atom is -0.459 e. The molecule has 0 unspecified atom stereocenters. The number of hydrogen-bond acceptors (Lipinski definition) is 3. The van der Waals surface area contributed by atoms with E-state index in [-0.39, 0.29) is 5.91 Å². The summed E-state index contributed by atoms with van der Waals surface area (Å²) in [6, 6.07) is 2.87. The first-order valence-corrected chi connectivity index (χ1v) is 7.83. The van der Waals surface area contributed by atoms with Crippen molar-refractivity contribution in [2.75, 3.05) is 19.6 Å². The molecule has 4 heteroatoms. The average molecular weight is 274 g/mol. The van der Waals surface area contributed by atoms with Crippen molar-refractivity contribution in [1.29, 1.82) is 0 Å². The molecule has 20 heavy (non-hydrogen) atoms. The fraction of sp³-hybridized carbons (Fsp3) is 0.688. The summed E-state index contributed by atoms with van der Waals surface area (Å²) in [5.41, 5.74) is 0.950. The topological polar surface area (TPSA) is 36.7 Å². The average Bonchev–Trinajstić information content (AvgIpc) is 2.85. The van der Waals surface area contributed by atoms with E-state index in [0.717, 1.165) is 37.4 Å². The fourth-order valence-electron chi connectivity index (χ4n) is 3.91. The van der Waals surface area contributed by atoms with Crippen molar-refractivity contribution in [3.8, 4) is 0 Å². The number of carbonyl (C=O) groups is 1. The molecule has 1 aliphatic carbocycles. The molecule has 1 aromatic heterocycles. The Morgan fingerprint density at radius 1 is 1.25 bits per heavy atom. The van der Waals surface area contributed by atoms with E-state index in [1.807, 2.05) is 13.0 Å². The number of nitrogens with zero attached hydrogens (tertiary/aromatic N) is 2. The zero-order chi connectivity index (χ0) is 13.7. The second-order valence-corrected chi connectivity index (χ2v) is 6.58. The molecule has 0 aromatic carbocycles. The molecule has 1 aromatic rings. The van der Waals surface area contributed by atoms with Crippen LogP contribution in [0.2, 0.25) is 0 Å². The van der Waals surface area contributed by atoms with Crippen LogP contribution in [0.1, 0.15) is 41.8 Å². The van der Waals surface area contributed by atoms with E-state index in [4.69, 9.17) is 4.42 Å². The molecule has 4 rings (SSSR count). The number of amides is 1. The lowest BCUT2D eigenvalue weighted by Crippen LogP contribution is -2.40. The first kappa shape index (κ1) is 12.5. The van der Waals surface area contributed by atoms with Crippen LogP contribution in [-0.2, 0) is 0 Å². The normalized spacial score (nSPS) is 29.9. The predicted molar refractivity (Wildman–Crippen MR) is 75.6 cm³/mol. The maximum absolute atomic E-state index is 12.6. The minimum absolute atomic E-state index is 0.0910. The van der Waals surface area contributed by atoms with Crippen LogP contribution in [0, 0.1) is 12.8 Å². The molecule has 2 aliphatic heterocycles. The Bertz CT molecular complexity index is 520. The molecule has 2 saturated heterocycles. The van der Waals surface area contributed by atoms with Crippen LogP contribution in [-0.4, -0.2) is 47.4 Å². The molecule has 0 bridgehead atoms. The summed E-state index contributed by atoms with van der Waals surface area (Å²) in [7, 11) is 0. The van der Waals surface area contributed by atoms with E-state index < -0.39 is 0 Å². The van der Waals surface area contributed by atoms with Crippen LogP contribution in [0.25, 0.3) is 0 Å². The highest BCUT2D eigenvalue weighted by Gasteiger charge is 2.46. The monoisotopic (exact) mass is 274 g/mol. The Balaban J connectivity index is 1.48. The molecule has 1 amide bonds. The van der Waals surface area contributed by atoms with Crippen LogP contribution in [0.15, 0.2) is 16.7 Å². The van der Waals surface area contributed by atoms with Crippen molar-refractivity contribution >= 4 is 5.91 Å². The molecule has 1 saturated carbocycles. The molecule has 4 nitrogen and oxygen atoms in total. The molecule has 108 valence electrons. The summed E-state index contributed by atoms with van der Waals surface area (Å²) in [6.45, 7) is 5.24. The highest BCUT2D eigenvalue weighted by atomic mass is 16.3. The number of carbonyl (C=O) groups excluding carboxylic acids is 1. The molecule has 0 N–H and O–H groups in total. The molecule has 0 spiro atoms. The van der Waals surface area contributed by atoms with Crippen molar-refractivity contribution in [2.24, 2.45) is 5.92 Å². The molecule has 2 atom stereocenters. The van der Waals surface area contributed by atoms with Gasteiger partial charge in [0.15, 0.2) is 5.76 Å². The van der Waals surface area contributed by atoms with Gasteiger partial charge in [0, 0.05) is 37.3 Å². The maximum Gasteiger partial charge on any atom is 0.290 e. The van der Waals surface area contributed by atoms with Gasteiger partial charge in [-0.1, -0.05) is 0 Å². The van der Waals surface area contributed by atoms with Crippen LogP contribution >= 0.6 is 0 Å². The van der Waals surface area contributed by atoms with Gasteiger partial charge in [-0.05, 0) is 44.6 Å². The summed E-state index contributed by atoms with van der Waals surface area (Å²) in [5.74, 6) is 1.56. The smallest absolute Gasteiger partial charge is 0.290 e. The van der Waals surface area contributed by atoms with Gasteiger partial charge in [0.05, 0.1) is 6.26 Å². The third kappa shape index (κ3) is 1.97. The number of likely N-dealkylation sites (tertiary alicyclic amines) is 2. The second kappa shape index (κ2) is 4.62. The summed E-state index contributed by atoms with van der Waals surface area (Å²) in [4.78, 5) is 17.3. The molecule has 3 heterocycles. The zero-order valence-electron chi connectivity index (χ0n) is 12.0. The number of hydrogen-bond donors (Lipinski definition) is 0. The van der Waals surface area contributed by atoms with Gasteiger partial charge < -0.3 is 9.32 Å². The van der Waals surface area contributed by atoms with Gasteiger partial charge in [0.2, 0.25) is 0 Å². The SMILES string of the molecule is Cc1ccoc1C(=O)N1CC[C@H]2[C@H]1CCN2CC1CC1. The lowest BCUT2D eigenvalue weighted by Gasteiger charge is -2.25. The largest absolute Gasteiger partial charge is 0.459 e. The van der Waals surface area contributed by atoms with Gasteiger partial charge >= 0.3 is 0 Å². The first-order chi connectivity index (χ1) is 9.74. The van der Waals surface area contributed by atoms with Crippen LogP contribution < -0.4 is 0 Å². The van der Waals surface area contributed by atoms with E-state index in [1.165, 1.54) is 19.4 Å². The standard InChI is InChI=1S/C16H22N2O2/c1-11-6-9-20-15(11)16(19)18-8-5-13-14(18)4-7-17(13)10-12-2-3-12/h6,9,12-14H,2-5,7-8,10H2,1H3/t13-,14+/m0/s1. The van der Waals surface area contributed by atoms with Gasteiger partial charge in [0.1, 0.15) is 0 Å². The van der Waals surface area contributed by atoms with E-state index in [9.17, 15) is 4.79 Å². The molecular weight excluding hydrogens is 252 g/mol. The van der Waals surface area contributed by atoms with E-state index in [1.54, 1.807) is 6.26 Å². The van der Waals surface area contributed by atoms with Crippen molar-refractivity contribution in [3.05, 3.63) is 23.7 Å². The highest BCUT2D eigenvalue weighted by Crippen LogP contribution is 2.37. The molecule has 0 radical (unpaired) electrons. The summed E-state index contributed by atoms with van der Waals surface area (Å²) in [5, 5.41) is 0. The van der Waals surface area contributed by atoms with Crippen molar-refractivity contribution in [1.82, 2.24) is 9.80 Å². The Hall–Kier alpha value is -1.29. The van der Waals surface area contributed by atoms with Crippen molar-refractivity contribution in [2.45, 2.75) is 44.7 Å². The number of fused-ring (bicyclic) bond motifs is 1. The number of aryl methyl sites for hydroxylation is 1. The summed E-state index contributed by atoms with van der Waals surface area (Å²) in [6.07, 6.45) is 6.68. The molecular formula is C16H22N2O2. The maximum atomic E-state index is 12.6. The Morgan fingerprint density at radius 2 is 2.05 bits per heavy atom. The van der Waals surface area contributed by atoms with Gasteiger partial charge in [-0.15, -0.1) is 0 Å². The van der Waals surface area contributed by atoms with E-state index >= 15 is 0 Å². The third-order valence-electron chi connectivity index (χ3n) is 5.20. The van der Waals surface area contributed by atoms with Gasteiger partial charge in [-0.25, -0.2) is 0 Å². The quantitative estimate of drug-likeness (QED) is 0.848. The van der Waals surface area contributed by atoms with Crippen molar-refractivity contribution in [3.63, 3.8) is 0 Å². The van der Waals surface area contributed by atoms with Gasteiger partial charge in [0.25, 0.3) is 5.91 Å². The Morgan fingerprint density at radius 3 is 2.75 bits per heavy atom. The predicted octanol–water partition coefficient (Wildman–Crippen LogP) is 2.29. The lowest BCUT2D eigenvalue weighted by molar-refractivity contribution is 0.0699. The molecule has 3 fully saturated rings. The van der Waals surface area contributed by atoms with Crippen LogP contribution in [0.4, 0.5) is 0 Å². The number of rotatable bonds is 3. The minimum atomic E-state index is 0.0910. The van der Waals surface area contributed by atoms with Gasteiger partial charge in [-0.3, -0.25) is 9.69 Å². The van der Waals surface area contributed by atoms with E-state index in [2.05, 4.69) is 9.80 Å². The summed E-state index contributed by atoms with van der Waals surface area (Å²) < 4.78 is 5.38. The number of furan rings is 1. The van der Waals surface area contributed by atoms with Crippen molar-refractivity contribution < 1.29 is 9.21 Å². The van der Waals surface area contributed by atoms with Gasteiger partial charge in [-0.2, -0.15) is 0 Å². The second-order valence-electron chi connectivity index (χ2n) is 6.58. The lowest BCUT2D eigenvalue weighted by atomic mass is 10.1. The Kier molecular flexibility index (Phi) is 2.88. The highest BCUT2D eigenvalue weighted by molar-refractivity contribution is 5.93. The van der Waals surface area contributed by atoms with E-state index in [0.29, 0.717) is 17.8 Å². The summed E-state index contributed by atoms with van der Waals surface area (Å²) >= 11 is 0. The fourth-order valence-corrected chi connectivity index (χ4v) is 3.91. The molecule has 3 aliphatic rings. The zero-order valence-corrected chi connectivity index (χ0v) is 12.0.